The van der Waals surface area contributed by atoms with E-state index in [0.29, 0.717) is 11.0 Å². The van der Waals surface area contributed by atoms with E-state index in [4.69, 9.17) is 10.5 Å². The number of para-hydroxylation sites is 1. The van der Waals surface area contributed by atoms with E-state index in [1.165, 1.54) is 7.11 Å². The predicted molar refractivity (Wildman–Crippen MR) is 53.4 cm³/mol. The van der Waals surface area contributed by atoms with Crippen molar-refractivity contribution >= 4 is 16.9 Å². The summed E-state index contributed by atoms with van der Waals surface area (Å²) in [5, 5.41) is 0. The molecule has 1 heterocycles. The number of methoxy groups -OCH3 is 1. The number of carbonyl (C=O) groups is 1. The second kappa shape index (κ2) is 3.53. The van der Waals surface area contributed by atoms with Crippen LogP contribution in [-0.4, -0.2) is 23.0 Å². The van der Waals surface area contributed by atoms with Gasteiger partial charge >= 0.3 is 0 Å². The Bertz CT molecular complexity index is 525. The monoisotopic (exact) mass is 202 g/mol. The molecule has 1 aromatic carbocycles. The third-order valence-corrected chi connectivity index (χ3v) is 1.89. The summed E-state index contributed by atoms with van der Waals surface area (Å²) in [7, 11) is 1.41. The molecule has 2 rings (SSSR count). The lowest BCUT2D eigenvalue weighted by molar-refractivity contribution is 0.0992. The van der Waals surface area contributed by atoms with Gasteiger partial charge in [0.25, 0.3) is 5.91 Å². The Kier molecular flexibility index (Phi) is 2.21. The molecule has 5 nitrogen and oxygen atoms in total. The summed E-state index contributed by atoms with van der Waals surface area (Å²) in [5.41, 5.74) is 6.28. The molecule has 15 heavy (non-hydrogen) atoms. The molecule has 0 fully saturated rings. The van der Waals surface area contributed by atoms with E-state index in [1.54, 1.807) is 18.2 Å². The molecular weight excluding hydrogens is 194 g/mol. The van der Waals surface area contributed by atoms with E-state index in [9.17, 15) is 4.79 Å². The lowest BCUT2D eigenvalue weighted by atomic mass is 10.3. The average molecular weight is 202 g/mol. The minimum Gasteiger partial charge on any atom is -0.479 e. The number of nitrogens with two attached hydrogens (primary N) is 1. The molecule has 1 amide bonds. The molecule has 0 saturated carbocycles. The van der Waals surface area contributed by atoms with Crippen LogP contribution in [0.1, 0.15) is 10.5 Å². The number of carbonyl (C=O) groups excluding carboxylic acids is 1. The minimum absolute atomic E-state index is 0.0320. The van der Waals surface area contributed by atoms with Gasteiger partial charge in [-0.2, -0.15) is 0 Å². The van der Waals surface area contributed by atoms with Crippen molar-refractivity contribution < 1.29 is 9.53 Å². The fraction of sp³-hybridized carbons (Fsp3) is 0.100. The van der Waals surface area contributed by atoms with E-state index in [-0.39, 0.29) is 11.6 Å². The highest BCUT2D eigenvalue weighted by Gasteiger charge is 2.13. The summed E-state index contributed by atoms with van der Waals surface area (Å²) in [4.78, 5) is 19.2. The Balaban J connectivity index is 2.74. The number of ether oxygens (including phenoxy) is 1. The van der Waals surface area contributed by atoms with Crippen LogP contribution in [-0.2, 0) is 0 Å². The first-order chi connectivity index (χ1) is 7.22. The molecular formula is C10H8N3O2. The van der Waals surface area contributed by atoms with Crippen LogP contribution in [0.5, 0.6) is 5.88 Å². The topological polar surface area (TPSA) is 78.1 Å². The zero-order valence-electron chi connectivity index (χ0n) is 8.02. The van der Waals surface area contributed by atoms with Crippen LogP contribution in [0.2, 0.25) is 0 Å². The quantitative estimate of drug-likeness (QED) is 0.770. The number of amides is 1. The maximum atomic E-state index is 11.1. The van der Waals surface area contributed by atoms with Crippen LogP contribution in [0.3, 0.4) is 0 Å². The normalized spacial score (nSPS) is 10.2. The number of hydrogen-bond donors (Lipinski definition) is 1. The number of fused-ring (bicyclic) bond motifs is 1. The standard InChI is InChI=1S/C10H8N3O2/c1-15-10-8(9(11)14)12-6-4-2-3-5-7(6)13-10/h2-4H,1H3,(H2,11,14). The number of aromatic nitrogens is 2. The summed E-state index contributed by atoms with van der Waals surface area (Å²) in [5.74, 6) is -0.539. The molecule has 0 saturated heterocycles. The second-order valence-electron chi connectivity index (χ2n) is 2.85. The van der Waals surface area contributed by atoms with Gasteiger partial charge < -0.3 is 10.5 Å². The van der Waals surface area contributed by atoms with Crippen molar-refractivity contribution in [2.24, 2.45) is 5.73 Å². The molecule has 0 atom stereocenters. The van der Waals surface area contributed by atoms with Gasteiger partial charge in [-0.1, -0.05) is 12.1 Å². The van der Waals surface area contributed by atoms with Crippen molar-refractivity contribution in [3.63, 3.8) is 0 Å². The van der Waals surface area contributed by atoms with Gasteiger partial charge in [0.05, 0.1) is 12.6 Å². The average Bonchev–Trinajstić information content (AvgIpc) is 2.27. The Labute approximate surface area is 85.9 Å². The number of hydrogen-bond acceptors (Lipinski definition) is 4. The molecule has 5 heteroatoms. The van der Waals surface area contributed by atoms with Gasteiger partial charge in [-0.15, -0.1) is 0 Å². The van der Waals surface area contributed by atoms with Crippen LogP contribution < -0.4 is 10.5 Å². The van der Waals surface area contributed by atoms with E-state index < -0.39 is 5.91 Å². The van der Waals surface area contributed by atoms with Gasteiger partial charge in [0.15, 0.2) is 5.69 Å². The Morgan fingerprint density at radius 1 is 1.53 bits per heavy atom. The van der Waals surface area contributed by atoms with E-state index in [0.717, 1.165) is 0 Å². The first-order valence-electron chi connectivity index (χ1n) is 4.24. The largest absolute Gasteiger partial charge is 0.479 e. The molecule has 1 aromatic heterocycles. The highest BCUT2D eigenvalue weighted by molar-refractivity contribution is 5.95. The predicted octanol–water partition coefficient (Wildman–Crippen LogP) is 0.537. The summed E-state index contributed by atoms with van der Waals surface area (Å²) in [6.07, 6.45) is 0. The number of benzene rings is 1. The fourth-order valence-corrected chi connectivity index (χ4v) is 1.22. The van der Waals surface area contributed by atoms with E-state index >= 15 is 0 Å². The Hall–Kier alpha value is -2.17. The molecule has 1 radical (unpaired) electrons. The summed E-state index contributed by atoms with van der Waals surface area (Å²) in [6, 6.07) is 8.08. The summed E-state index contributed by atoms with van der Waals surface area (Å²) >= 11 is 0. The molecule has 75 valence electrons. The number of rotatable bonds is 2. The summed E-state index contributed by atoms with van der Waals surface area (Å²) < 4.78 is 4.92. The van der Waals surface area contributed by atoms with Gasteiger partial charge in [0.1, 0.15) is 5.52 Å². The lowest BCUT2D eigenvalue weighted by Gasteiger charge is -2.04. The maximum absolute atomic E-state index is 11.1. The fourth-order valence-electron chi connectivity index (χ4n) is 1.22. The van der Waals surface area contributed by atoms with Crippen LogP contribution in [0.4, 0.5) is 0 Å². The zero-order chi connectivity index (χ0) is 10.8. The van der Waals surface area contributed by atoms with Crippen molar-refractivity contribution in [1.29, 1.82) is 0 Å². The van der Waals surface area contributed by atoms with Gasteiger partial charge in [0.2, 0.25) is 5.88 Å². The Morgan fingerprint density at radius 3 is 3.00 bits per heavy atom. The highest BCUT2D eigenvalue weighted by atomic mass is 16.5. The van der Waals surface area contributed by atoms with Crippen LogP contribution >= 0.6 is 0 Å². The maximum Gasteiger partial charge on any atom is 0.272 e. The van der Waals surface area contributed by atoms with Gasteiger partial charge in [-0.3, -0.25) is 4.79 Å². The van der Waals surface area contributed by atoms with Crippen molar-refractivity contribution in [3.8, 4) is 5.88 Å². The SMILES string of the molecule is COc1nc2[c]cccc2nc1C(N)=O. The molecule has 0 unspecified atom stereocenters. The van der Waals surface area contributed by atoms with Gasteiger partial charge in [-0.25, -0.2) is 9.97 Å². The smallest absolute Gasteiger partial charge is 0.272 e. The zero-order valence-corrected chi connectivity index (χ0v) is 8.02. The lowest BCUT2D eigenvalue weighted by Crippen LogP contribution is -2.15. The van der Waals surface area contributed by atoms with E-state index in [2.05, 4.69) is 16.0 Å². The molecule has 0 bridgehead atoms. The van der Waals surface area contributed by atoms with Crippen molar-refractivity contribution in [1.82, 2.24) is 9.97 Å². The van der Waals surface area contributed by atoms with Gasteiger partial charge in [-0.05, 0) is 6.07 Å². The van der Waals surface area contributed by atoms with Crippen LogP contribution in [0.15, 0.2) is 18.2 Å². The first kappa shape index (κ1) is 9.39. The first-order valence-corrected chi connectivity index (χ1v) is 4.24. The van der Waals surface area contributed by atoms with Crippen LogP contribution in [0, 0.1) is 6.07 Å². The molecule has 0 aliphatic carbocycles. The minimum atomic E-state index is -0.662. The second-order valence-corrected chi connectivity index (χ2v) is 2.85. The Morgan fingerprint density at radius 2 is 2.33 bits per heavy atom. The molecule has 2 N–H and O–H groups in total. The number of primary amides is 1. The molecule has 0 aliphatic heterocycles. The summed E-state index contributed by atoms with van der Waals surface area (Å²) in [6.45, 7) is 0. The number of nitrogens with zero attached hydrogens (tertiary/aromatic N) is 2. The van der Waals surface area contributed by atoms with E-state index in [1.807, 2.05) is 0 Å². The van der Waals surface area contributed by atoms with Crippen LogP contribution in [0.25, 0.3) is 11.0 Å². The van der Waals surface area contributed by atoms with Gasteiger partial charge in [0, 0.05) is 6.07 Å². The molecule has 2 aromatic rings. The van der Waals surface area contributed by atoms with Crippen molar-refractivity contribution in [2.45, 2.75) is 0 Å². The third kappa shape index (κ3) is 1.59. The molecule has 0 spiro atoms. The molecule has 0 aliphatic rings. The van der Waals surface area contributed by atoms with Crippen molar-refractivity contribution in [2.75, 3.05) is 7.11 Å². The third-order valence-electron chi connectivity index (χ3n) is 1.89. The van der Waals surface area contributed by atoms with Crippen molar-refractivity contribution in [3.05, 3.63) is 30.0 Å². The highest BCUT2D eigenvalue weighted by Crippen LogP contribution is 2.17.